The standard InChI is InChI=1S/C26H24ClN3O5S2/c1-34-20-10-13-23-24(15-20)36-26(28-23)30(16-21-3-2-14-35-21)25(31)17-4-8-19(9-5-17)29-37(32,33)22-11-6-18(27)7-12-22/h4-13,15,21,29H,2-3,14,16H2,1H3. The molecule has 4 aromatic rings. The second kappa shape index (κ2) is 10.7. The van der Waals surface area contributed by atoms with E-state index < -0.39 is 10.0 Å². The van der Waals surface area contributed by atoms with Crippen molar-refractivity contribution in [1.29, 1.82) is 0 Å². The number of sulfonamides is 1. The van der Waals surface area contributed by atoms with Crippen LogP contribution in [-0.4, -0.2) is 45.7 Å². The molecule has 192 valence electrons. The Kier molecular flexibility index (Phi) is 7.34. The Labute approximate surface area is 223 Å². The smallest absolute Gasteiger partial charge is 0.261 e. The first-order chi connectivity index (χ1) is 17.8. The molecule has 3 aromatic carbocycles. The van der Waals surface area contributed by atoms with Crippen molar-refractivity contribution < 1.29 is 22.7 Å². The zero-order chi connectivity index (χ0) is 26.0. The number of fused-ring (bicyclic) bond motifs is 1. The third kappa shape index (κ3) is 5.72. The van der Waals surface area contributed by atoms with Crippen LogP contribution in [0.25, 0.3) is 10.2 Å². The summed E-state index contributed by atoms with van der Waals surface area (Å²) in [5, 5.41) is 1.01. The number of carbonyl (C=O) groups is 1. The Morgan fingerprint density at radius 2 is 1.92 bits per heavy atom. The number of ether oxygens (including phenoxy) is 2. The second-order valence-electron chi connectivity index (χ2n) is 8.52. The summed E-state index contributed by atoms with van der Waals surface area (Å²) in [5.41, 5.74) is 1.52. The fourth-order valence-electron chi connectivity index (χ4n) is 4.04. The van der Waals surface area contributed by atoms with Crippen LogP contribution in [0, 0.1) is 0 Å². The van der Waals surface area contributed by atoms with Gasteiger partial charge in [0.25, 0.3) is 15.9 Å². The number of hydrogen-bond donors (Lipinski definition) is 1. The Morgan fingerprint density at radius 3 is 2.59 bits per heavy atom. The SMILES string of the molecule is COc1ccc2nc(N(CC3CCCO3)C(=O)c3ccc(NS(=O)(=O)c4ccc(Cl)cc4)cc3)sc2c1. The van der Waals surface area contributed by atoms with E-state index in [4.69, 9.17) is 26.1 Å². The van der Waals surface area contributed by atoms with Gasteiger partial charge in [0.1, 0.15) is 5.75 Å². The van der Waals surface area contributed by atoms with E-state index >= 15 is 0 Å². The number of aromatic nitrogens is 1. The molecule has 11 heteroatoms. The van der Waals surface area contributed by atoms with Crippen LogP contribution in [0.15, 0.2) is 71.6 Å². The van der Waals surface area contributed by atoms with E-state index in [1.165, 1.54) is 35.6 Å². The van der Waals surface area contributed by atoms with Crippen LogP contribution >= 0.6 is 22.9 Å². The second-order valence-corrected chi connectivity index (χ2v) is 11.6. The number of carbonyl (C=O) groups excluding carboxylic acids is 1. The van der Waals surface area contributed by atoms with E-state index in [0.717, 1.165) is 28.8 Å². The lowest BCUT2D eigenvalue weighted by Gasteiger charge is -2.23. The van der Waals surface area contributed by atoms with Crippen LogP contribution in [0.5, 0.6) is 5.75 Å². The maximum atomic E-state index is 13.6. The highest BCUT2D eigenvalue weighted by Gasteiger charge is 2.27. The highest BCUT2D eigenvalue weighted by atomic mass is 35.5. The minimum absolute atomic E-state index is 0.0732. The van der Waals surface area contributed by atoms with Gasteiger partial charge in [0.2, 0.25) is 0 Å². The van der Waals surface area contributed by atoms with Crippen molar-refractivity contribution in [3.8, 4) is 5.75 Å². The van der Waals surface area contributed by atoms with Gasteiger partial charge in [-0.3, -0.25) is 14.4 Å². The number of nitrogens with one attached hydrogen (secondary N) is 1. The summed E-state index contributed by atoms with van der Waals surface area (Å²) < 4.78 is 39.9. The third-order valence-electron chi connectivity index (χ3n) is 5.98. The number of benzene rings is 3. The van der Waals surface area contributed by atoms with Gasteiger partial charge < -0.3 is 9.47 Å². The number of hydrogen-bond acceptors (Lipinski definition) is 7. The average molecular weight is 558 g/mol. The van der Waals surface area contributed by atoms with Crippen LogP contribution < -0.4 is 14.4 Å². The quantitative estimate of drug-likeness (QED) is 0.303. The molecule has 1 N–H and O–H groups in total. The van der Waals surface area contributed by atoms with Gasteiger partial charge in [-0.05, 0) is 79.6 Å². The fourth-order valence-corrected chi connectivity index (χ4v) is 6.23. The van der Waals surface area contributed by atoms with E-state index in [1.807, 2.05) is 18.2 Å². The lowest BCUT2D eigenvalue weighted by Crippen LogP contribution is -2.37. The Bertz CT molecular complexity index is 1520. The predicted octanol–water partition coefficient (Wildman–Crippen LogP) is 5.58. The first-order valence-corrected chi connectivity index (χ1v) is 14.3. The number of halogens is 1. The molecule has 2 heterocycles. The average Bonchev–Trinajstić information content (AvgIpc) is 3.56. The first-order valence-electron chi connectivity index (χ1n) is 11.6. The minimum Gasteiger partial charge on any atom is -0.497 e. The zero-order valence-electron chi connectivity index (χ0n) is 19.9. The predicted molar refractivity (Wildman–Crippen MR) is 146 cm³/mol. The van der Waals surface area contributed by atoms with Crippen LogP contribution in [0.3, 0.4) is 0 Å². The monoisotopic (exact) mass is 557 g/mol. The summed E-state index contributed by atoms with van der Waals surface area (Å²) >= 11 is 7.27. The van der Waals surface area contributed by atoms with Crippen molar-refractivity contribution in [1.82, 2.24) is 4.98 Å². The van der Waals surface area contributed by atoms with Gasteiger partial charge in [-0.15, -0.1) is 0 Å². The topological polar surface area (TPSA) is 97.8 Å². The van der Waals surface area contributed by atoms with E-state index in [0.29, 0.717) is 34.6 Å². The summed E-state index contributed by atoms with van der Waals surface area (Å²) in [6, 6.07) is 17.8. The largest absolute Gasteiger partial charge is 0.497 e. The number of nitrogens with zero attached hydrogens (tertiary/aromatic N) is 2. The van der Waals surface area contributed by atoms with E-state index in [2.05, 4.69) is 4.72 Å². The summed E-state index contributed by atoms with van der Waals surface area (Å²) in [6.45, 7) is 1.05. The highest BCUT2D eigenvalue weighted by molar-refractivity contribution is 7.92. The molecule has 1 aromatic heterocycles. The van der Waals surface area contributed by atoms with Crippen LogP contribution in [0.4, 0.5) is 10.8 Å². The molecule has 5 rings (SSSR count). The van der Waals surface area contributed by atoms with Gasteiger partial charge in [-0.25, -0.2) is 13.4 Å². The number of anilines is 2. The van der Waals surface area contributed by atoms with Gasteiger partial charge in [-0.2, -0.15) is 0 Å². The first kappa shape index (κ1) is 25.5. The third-order valence-corrected chi connectivity index (χ3v) is 8.67. The highest BCUT2D eigenvalue weighted by Crippen LogP contribution is 2.33. The molecule has 0 bridgehead atoms. The van der Waals surface area contributed by atoms with Gasteiger partial charge >= 0.3 is 0 Å². The zero-order valence-corrected chi connectivity index (χ0v) is 22.3. The fraction of sp³-hybridized carbons (Fsp3) is 0.231. The molecule has 0 aliphatic carbocycles. The minimum atomic E-state index is -3.80. The molecular weight excluding hydrogens is 534 g/mol. The Morgan fingerprint density at radius 1 is 1.16 bits per heavy atom. The summed E-state index contributed by atoms with van der Waals surface area (Å²) in [4.78, 5) is 20.1. The number of thiazole rings is 1. The van der Waals surface area contributed by atoms with Gasteiger partial charge in [0, 0.05) is 22.9 Å². The summed E-state index contributed by atoms with van der Waals surface area (Å²) in [6.07, 6.45) is 1.75. The van der Waals surface area contributed by atoms with E-state index in [9.17, 15) is 13.2 Å². The van der Waals surface area contributed by atoms with E-state index in [-0.39, 0.29) is 16.9 Å². The molecular formula is C26H24ClN3O5S2. The number of amides is 1. The van der Waals surface area contributed by atoms with Crippen molar-refractivity contribution in [2.75, 3.05) is 29.9 Å². The molecule has 1 saturated heterocycles. The molecule has 1 aliphatic heterocycles. The number of methoxy groups -OCH3 is 1. The van der Waals surface area contributed by atoms with Crippen LogP contribution in [0.1, 0.15) is 23.2 Å². The Balaban J connectivity index is 1.39. The summed E-state index contributed by atoms with van der Waals surface area (Å²) in [5.74, 6) is 0.477. The molecule has 8 nitrogen and oxygen atoms in total. The lowest BCUT2D eigenvalue weighted by molar-refractivity contribution is 0.0917. The van der Waals surface area contributed by atoms with Gasteiger partial charge in [0.05, 0.1) is 34.9 Å². The molecule has 1 fully saturated rings. The molecule has 1 atom stereocenters. The molecule has 37 heavy (non-hydrogen) atoms. The van der Waals surface area contributed by atoms with E-state index in [1.54, 1.807) is 36.3 Å². The van der Waals surface area contributed by atoms with Crippen molar-refractivity contribution in [2.45, 2.75) is 23.8 Å². The molecule has 1 unspecified atom stereocenters. The maximum absolute atomic E-state index is 13.6. The lowest BCUT2D eigenvalue weighted by atomic mass is 10.1. The van der Waals surface area contributed by atoms with Gasteiger partial charge in [0.15, 0.2) is 5.13 Å². The van der Waals surface area contributed by atoms with Crippen molar-refractivity contribution in [3.63, 3.8) is 0 Å². The normalized spacial score (nSPS) is 15.6. The summed E-state index contributed by atoms with van der Waals surface area (Å²) in [7, 11) is -2.19. The Hall–Kier alpha value is -3.18. The molecule has 1 aliphatic rings. The van der Waals surface area contributed by atoms with Crippen LogP contribution in [0.2, 0.25) is 5.02 Å². The van der Waals surface area contributed by atoms with Crippen molar-refractivity contribution in [3.05, 3.63) is 77.3 Å². The molecule has 0 radical (unpaired) electrons. The van der Waals surface area contributed by atoms with Crippen molar-refractivity contribution in [2.24, 2.45) is 0 Å². The molecule has 1 amide bonds. The van der Waals surface area contributed by atoms with Crippen molar-refractivity contribution >= 4 is 59.9 Å². The molecule has 0 spiro atoms. The number of rotatable bonds is 8. The molecule has 0 saturated carbocycles. The maximum Gasteiger partial charge on any atom is 0.261 e. The van der Waals surface area contributed by atoms with Gasteiger partial charge in [-0.1, -0.05) is 22.9 Å². The van der Waals surface area contributed by atoms with Crippen LogP contribution in [-0.2, 0) is 14.8 Å².